The SMILES string of the molecule is Cc1ccc(COc2ccc(Br)cc2[C@@H](C)N)c(Cl)c1. The van der Waals surface area contributed by atoms with Crippen molar-refractivity contribution in [2.24, 2.45) is 5.73 Å². The Hall–Kier alpha value is -1.03. The van der Waals surface area contributed by atoms with Gasteiger partial charge in [-0.3, -0.25) is 0 Å². The van der Waals surface area contributed by atoms with Crippen LogP contribution >= 0.6 is 27.5 Å². The fourth-order valence-corrected chi connectivity index (χ4v) is 2.60. The van der Waals surface area contributed by atoms with Crippen LogP contribution in [0.3, 0.4) is 0 Å². The molecule has 0 saturated heterocycles. The molecule has 0 amide bonds. The second-order valence-corrected chi connectivity index (χ2v) is 6.18. The van der Waals surface area contributed by atoms with E-state index in [0.717, 1.165) is 31.9 Å². The first kappa shape index (κ1) is 15.4. The Morgan fingerprint density at radius 1 is 1.25 bits per heavy atom. The van der Waals surface area contributed by atoms with Crippen LogP contribution in [0.1, 0.15) is 29.7 Å². The molecule has 0 aromatic heterocycles. The highest BCUT2D eigenvalue weighted by atomic mass is 79.9. The topological polar surface area (TPSA) is 35.2 Å². The molecule has 0 bridgehead atoms. The third-order valence-electron chi connectivity index (χ3n) is 3.05. The van der Waals surface area contributed by atoms with Gasteiger partial charge in [0.1, 0.15) is 12.4 Å². The van der Waals surface area contributed by atoms with E-state index in [4.69, 9.17) is 22.1 Å². The largest absolute Gasteiger partial charge is 0.489 e. The summed E-state index contributed by atoms with van der Waals surface area (Å²) in [6.07, 6.45) is 0. The predicted molar refractivity (Wildman–Crippen MR) is 87.3 cm³/mol. The second-order valence-electron chi connectivity index (χ2n) is 4.85. The summed E-state index contributed by atoms with van der Waals surface area (Å²) in [6, 6.07) is 11.7. The molecule has 20 heavy (non-hydrogen) atoms. The smallest absolute Gasteiger partial charge is 0.124 e. The molecule has 1 atom stereocenters. The lowest BCUT2D eigenvalue weighted by molar-refractivity contribution is 0.301. The number of halogens is 2. The Morgan fingerprint density at radius 2 is 2.00 bits per heavy atom. The van der Waals surface area contributed by atoms with Gasteiger partial charge in [0, 0.05) is 26.7 Å². The van der Waals surface area contributed by atoms with Crippen LogP contribution in [0.15, 0.2) is 40.9 Å². The zero-order valence-electron chi connectivity index (χ0n) is 11.5. The summed E-state index contributed by atoms with van der Waals surface area (Å²) in [4.78, 5) is 0. The second kappa shape index (κ2) is 6.61. The first-order valence-corrected chi connectivity index (χ1v) is 7.57. The third kappa shape index (κ3) is 3.75. The normalized spacial score (nSPS) is 12.2. The van der Waals surface area contributed by atoms with Crippen LogP contribution in [-0.2, 0) is 6.61 Å². The molecule has 0 aliphatic carbocycles. The Kier molecular flexibility index (Phi) is 5.08. The van der Waals surface area contributed by atoms with E-state index in [-0.39, 0.29) is 6.04 Å². The van der Waals surface area contributed by atoms with Gasteiger partial charge < -0.3 is 10.5 Å². The van der Waals surface area contributed by atoms with Gasteiger partial charge in [-0.15, -0.1) is 0 Å². The van der Waals surface area contributed by atoms with Gasteiger partial charge in [0.05, 0.1) is 0 Å². The number of hydrogen-bond donors (Lipinski definition) is 1. The van der Waals surface area contributed by atoms with E-state index in [1.54, 1.807) is 0 Å². The number of ether oxygens (including phenoxy) is 1. The monoisotopic (exact) mass is 353 g/mol. The van der Waals surface area contributed by atoms with Crippen molar-refractivity contribution in [3.63, 3.8) is 0 Å². The minimum Gasteiger partial charge on any atom is -0.489 e. The Bertz CT molecular complexity index is 613. The van der Waals surface area contributed by atoms with E-state index in [0.29, 0.717) is 6.61 Å². The molecule has 0 aliphatic heterocycles. The Morgan fingerprint density at radius 3 is 2.65 bits per heavy atom. The molecule has 0 saturated carbocycles. The summed E-state index contributed by atoms with van der Waals surface area (Å²) in [5, 5.41) is 0.726. The number of benzene rings is 2. The molecular formula is C16H17BrClNO. The zero-order chi connectivity index (χ0) is 14.7. The minimum atomic E-state index is -0.0870. The van der Waals surface area contributed by atoms with Crippen LogP contribution in [0.25, 0.3) is 0 Å². The molecule has 0 aliphatic rings. The summed E-state index contributed by atoms with van der Waals surface area (Å²) in [7, 11) is 0. The Balaban J connectivity index is 2.18. The molecule has 2 nitrogen and oxygen atoms in total. The molecule has 2 N–H and O–H groups in total. The quantitative estimate of drug-likeness (QED) is 0.837. The van der Waals surface area contributed by atoms with Gasteiger partial charge in [0.2, 0.25) is 0 Å². The van der Waals surface area contributed by atoms with E-state index in [2.05, 4.69) is 15.9 Å². The minimum absolute atomic E-state index is 0.0870. The van der Waals surface area contributed by atoms with Gasteiger partial charge in [-0.1, -0.05) is 39.7 Å². The number of nitrogens with two attached hydrogens (primary N) is 1. The molecule has 2 aromatic carbocycles. The first-order valence-electron chi connectivity index (χ1n) is 6.40. The van der Waals surface area contributed by atoms with Crippen LogP contribution in [0.5, 0.6) is 5.75 Å². The summed E-state index contributed by atoms with van der Waals surface area (Å²) in [6.45, 7) is 4.38. The molecule has 0 fully saturated rings. The van der Waals surface area contributed by atoms with E-state index < -0.39 is 0 Å². The van der Waals surface area contributed by atoms with Crippen LogP contribution < -0.4 is 10.5 Å². The van der Waals surface area contributed by atoms with Crippen molar-refractivity contribution < 1.29 is 4.74 Å². The van der Waals surface area contributed by atoms with Gasteiger partial charge in [-0.2, -0.15) is 0 Å². The van der Waals surface area contributed by atoms with Gasteiger partial charge >= 0.3 is 0 Å². The van der Waals surface area contributed by atoms with Crippen molar-refractivity contribution in [2.45, 2.75) is 26.5 Å². The standard InChI is InChI=1S/C16H17BrClNO/c1-10-3-4-12(15(18)7-10)9-20-16-6-5-13(17)8-14(16)11(2)19/h3-8,11H,9,19H2,1-2H3/t11-/m1/s1. The van der Waals surface area contributed by atoms with Gasteiger partial charge in [0.25, 0.3) is 0 Å². The highest BCUT2D eigenvalue weighted by Crippen LogP contribution is 2.29. The molecular weight excluding hydrogens is 338 g/mol. The summed E-state index contributed by atoms with van der Waals surface area (Å²) in [5.41, 5.74) is 9.06. The zero-order valence-corrected chi connectivity index (χ0v) is 13.8. The molecule has 0 heterocycles. The fraction of sp³-hybridized carbons (Fsp3) is 0.250. The van der Waals surface area contributed by atoms with Crippen molar-refractivity contribution in [2.75, 3.05) is 0 Å². The third-order valence-corrected chi connectivity index (χ3v) is 3.90. The molecule has 2 aromatic rings. The lowest BCUT2D eigenvalue weighted by atomic mass is 10.1. The summed E-state index contributed by atoms with van der Waals surface area (Å²) in [5.74, 6) is 0.792. The van der Waals surface area contributed by atoms with Crippen LogP contribution in [0.4, 0.5) is 0 Å². The van der Waals surface area contributed by atoms with Crippen molar-refractivity contribution >= 4 is 27.5 Å². The van der Waals surface area contributed by atoms with Crippen LogP contribution in [0, 0.1) is 6.92 Å². The maximum Gasteiger partial charge on any atom is 0.124 e. The molecule has 0 radical (unpaired) electrons. The van der Waals surface area contributed by atoms with E-state index in [1.165, 1.54) is 0 Å². The molecule has 2 rings (SSSR count). The van der Waals surface area contributed by atoms with Crippen molar-refractivity contribution in [1.82, 2.24) is 0 Å². The number of aryl methyl sites for hydroxylation is 1. The maximum atomic E-state index is 6.21. The predicted octanol–water partition coefficient (Wildman–Crippen LogP) is 5.01. The lowest BCUT2D eigenvalue weighted by Crippen LogP contribution is -2.08. The average Bonchev–Trinajstić information content (AvgIpc) is 2.38. The molecule has 4 heteroatoms. The Labute approximate surface area is 133 Å². The number of hydrogen-bond acceptors (Lipinski definition) is 2. The van der Waals surface area contributed by atoms with Gasteiger partial charge in [-0.25, -0.2) is 0 Å². The van der Waals surface area contributed by atoms with Crippen molar-refractivity contribution in [3.05, 3.63) is 62.6 Å². The summed E-state index contributed by atoms with van der Waals surface area (Å²) < 4.78 is 6.87. The lowest BCUT2D eigenvalue weighted by Gasteiger charge is -2.15. The van der Waals surface area contributed by atoms with E-state index >= 15 is 0 Å². The fourth-order valence-electron chi connectivity index (χ4n) is 1.93. The highest BCUT2D eigenvalue weighted by Gasteiger charge is 2.10. The number of rotatable bonds is 4. The van der Waals surface area contributed by atoms with Gasteiger partial charge in [0.15, 0.2) is 0 Å². The van der Waals surface area contributed by atoms with Crippen LogP contribution in [0.2, 0.25) is 5.02 Å². The molecule has 0 unspecified atom stereocenters. The van der Waals surface area contributed by atoms with Crippen LogP contribution in [-0.4, -0.2) is 0 Å². The average molecular weight is 355 g/mol. The van der Waals surface area contributed by atoms with Crippen molar-refractivity contribution in [3.8, 4) is 5.75 Å². The molecule has 106 valence electrons. The van der Waals surface area contributed by atoms with Crippen molar-refractivity contribution in [1.29, 1.82) is 0 Å². The van der Waals surface area contributed by atoms with E-state index in [1.807, 2.05) is 50.2 Å². The molecule has 0 spiro atoms. The first-order chi connectivity index (χ1) is 9.47. The van der Waals surface area contributed by atoms with E-state index in [9.17, 15) is 0 Å². The highest BCUT2D eigenvalue weighted by molar-refractivity contribution is 9.10. The summed E-state index contributed by atoms with van der Waals surface area (Å²) >= 11 is 9.66. The van der Waals surface area contributed by atoms with Gasteiger partial charge in [-0.05, 0) is 43.7 Å². The maximum absolute atomic E-state index is 6.21.